The van der Waals surface area contributed by atoms with E-state index in [0.29, 0.717) is 39.6 Å². The molecule has 0 saturated heterocycles. The van der Waals surface area contributed by atoms with Crippen LogP contribution in [0.2, 0.25) is 0 Å². The van der Waals surface area contributed by atoms with Crippen LogP contribution in [0.1, 0.15) is 23.7 Å². The highest BCUT2D eigenvalue weighted by atomic mass is 32.2. The van der Waals surface area contributed by atoms with Crippen LogP contribution in [0.4, 0.5) is 5.69 Å². The molecule has 3 heterocycles. The second-order valence-corrected chi connectivity index (χ2v) is 9.84. The van der Waals surface area contributed by atoms with E-state index in [1.54, 1.807) is 53.2 Å². The molecule has 3 aromatic heterocycles. The van der Waals surface area contributed by atoms with Gasteiger partial charge in [-0.1, -0.05) is 30.8 Å². The zero-order valence-electron chi connectivity index (χ0n) is 17.9. The molecule has 0 unspecified atom stereocenters. The number of amides is 1. The summed E-state index contributed by atoms with van der Waals surface area (Å²) >= 11 is 4.25. The third-order valence-electron chi connectivity index (χ3n) is 4.90. The van der Waals surface area contributed by atoms with E-state index < -0.39 is 0 Å². The van der Waals surface area contributed by atoms with Gasteiger partial charge in [0.1, 0.15) is 4.83 Å². The van der Waals surface area contributed by atoms with Crippen molar-refractivity contribution in [1.82, 2.24) is 9.55 Å². The van der Waals surface area contributed by atoms with Gasteiger partial charge in [0.15, 0.2) is 10.9 Å². The minimum atomic E-state index is -0.129. The molecule has 6 nitrogen and oxygen atoms in total. The smallest absolute Gasteiger partial charge is 0.263 e. The van der Waals surface area contributed by atoms with Crippen molar-refractivity contribution in [2.75, 3.05) is 11.1 Å². The largest absolute Gasteiger partial charge is 0.326 e. The molecule has 0 aliphatic carbocycles. The Bertz CT molecular complexity index is 1370. The summed E-state index contributed by atoms with van der Waals surface area (Å²) in [6, 6.07) is 10.7. The fourth-order valence-corrected chi connectivity index (χ4v) is 5.93. The van der Waals surface area contributed by atoms with E-state index in [1.807, 2.05) is 22.9 Å². The first-order valence-electron chi connectivity index (χ1n) is 10.2. The van der Waals surface area contributed by atoms with E-state index in [0.717, 1.165) is 10.4 Å². The number of nitrogens with zero attached hydrogens (tertiary/aromatic N) is 2. The molecule has 168 valence electrons. The minimum absolute atomic E-state index is 0.0814. The van der Waals surface area contributed by atoms with E-state index in [-0.39, 0.29) is 23.0 Å². The van der Waals surface area contributed by atoms with Gasteiger partial charge in [-0.2, -0.15) is 0 Å². The van der Waals surface area contributed by atoms with Crippen LogP contribution in [0, 0.1) is 0 Å². The van der Waals surface area contributed by atoms with Crippen LogP contribution in [-0.4, -0.2) is 27.0 Å². The highest BCUT2D eigenvalue weighted by molar-refractivity contribution is 7.99. The van der Waals surface area contributed by atoms with E-state index in [9.17, 15) is 14.4 Å². The Morgan fingerprint density at radius 2 is 2.00 bits per heavy atom. The Morgan fingerprint density at radius 3 is 2.67 bits per heavy atom. The van der Waals surface area contributed by atoms with E-state index in [2.05, 4.69) is 11.9 Å². The molecule has 33 heavy (non-hydrogen) atoms. The van der Waals surface area contributed by atoms with Gasteiger partial charge in [-0.25, -0.2) is 4.98 Å². The Labute approximate surface area is 203 Å². The maximum Gasteiger partial charge on any atom is 0.263 e. The third-order valence-corrected chi connectivity index (χ3v) is 7.65. The van der Waals surface area contributed by atoms with Crippen molar-refractivity contribution in [3.63, 3.8) is 0 Å². The monoisotopic (exact) mass is 495 g/mol. The van der Waals surface area contributed by atoms with Crippen LogP contribution in [0.15, 0.2) is 69.8 Å². The summed E-state index contributed by atoms with van der Waals surface area (Å²) in [4.78, 5) is 44.0. The number of rotatable bonds is 9. The van der Waals surface area contributed by atoms with Crippen LogP contribution < -0.4 is 10.9 Å². The van der Waals surface area contributed by atoms with Crippen LogP contribution >= 0.6 is 34.4 Å². The van der Waals surface area contributed by atoms with Crippen LogP contribution in [0.25, 0.3) is 20.7 Å². The molecule has 0 spiro atoms. The number of carbonyl (C=O) groups is 2. The highest BCUT2D eigenvalue weighted by Gasteiger charge is 2.18. The number of thioether (sulfide) groups is 1. The molecule has 0 bridgehead atoms. The number of nitrogens with one attached hydrogen (secondary N) is 1. The number of hydrogen-bond donors (Lipinski definition) is 1. The Balaban J connectivity index is 1.57. The van der Waals surface area contributed by atoms with Crippen LogP contribution in [0.3, 0.4) is 0 Å². The summed E-state index contributed by atoms with van der Waals surface area (Å²) in [5, 5.41) is 7.80. The Kier molecular flexibility index (Phi) is 7.22. The van der Waals surface area contributed by atoms with Crippen molar-refractivity contribution in [2.24, 2.45) is 0 Å². The summed E-state index contributed by atoms with van der Waals surface area (Å²) in [6.45, 7) is 5.86. The summed E-state index contributed by atoms with van der Waals surface area (Å²) in [5.41, 5.74) is 1.95. The number of carbonyl (C=O) groups excluding carboxylic acids is 2. The number of hydrogen-bond acceptors (Lipinski definition) is 7. The lowest BCUT2D eigenvalue weighted by Gasteiger charge is -2.10. The van der Waals surface area contributed by atoms with Crippen molar-refractivity contribution in [2.45, 2.75) is 25.0 Å². The van der Waals surface area contributed by atoms with Gasteiger partial charge in [0, 0.05) is 40.0 Å². The van der Waals surface area contributed by atoms with Gasteiger partial charge in [0.2, 0.25) is 5.91 Å². The standard InChI is InChI=1S/C24H21N3O3S3/c1-3-11-27-23(30)21-17(19-6-5-12-31-19)13-32-22(21)26-24(27)33-14-18(28)15-7-9-16(10-8-15)25-20(29)4-2/h3,5-10,12-13H,1,4,11,14H2,2H3,(H,25,29). The average Bonchev–Trinajstić information content (AvgIpc) is 3.50. The van der Waals surface area contributed by atoms with E-state index in [1.165, 1.54) is 23.1 Å². The first-order chi connectivity index (χ1) is 16.0. The zero-order valence-corrected chi connectivity index (χ0v) is 20.3. The minimum Gasteiger partial charge on any atom is -0.326 e. The zero-order chi connectivity index (χ0) is 23.4. The number of thiophene rings is 2. The van der Waals surface area contributed by atoms with E-state index >= 15 is 0 Å². The van der Waals surface area contributed by atoms with Crippen molar-refractivity contribution >= 4 is 62.0 Å². The van der Waals surface area contributed by atoms with Gasteiger partial charge in [-0.15, -0.1) is 29.3 Å². The lowest BCUT2D eigenvalue weighted by molar-refractivity contribution is -0.115. The van der Waals surface area contributed by atoms with Crippen LogP contribution in [-0.2, 0) is 11.3 Å². The van der Waals surface area contributed by atoms with Crippen LogP contribution in [0.5, 0.6) is 0 Å². The van der Waals surface area contributed by atoms with Crippen molar-refractivity contribution in [3.8, 4) is 10.4 Å². The first-order valence-corrected chi connectivity index (χ1v) is 13.0. The van der Waals surface area contributed by atoms with Gasteiger partial charge in [0.05, 0.1) is 11.1 Å². The molecule has 1 amide bonds. The predicted molar refractivity (Wildman–Crippen MR) is 138 cm³/mol. The molecule has 0 saturated carbocycles. The predicted octanol–water partition coefficient (Wildman–Crippen LogP) is 5.70. The molecule has 0 aliphatic heterocycles. The molecular weight excluding hydrogens is 474 g/mol. The molecule has 0 aliphatic rings. The molecular formula is C24H21N3O3S3. The van der Waals surface area contributed by atoms with Crippen molar-refractivity contribution in [3.05, 3.63) is 75.7 Å². The fraction of sp³-hybridized carbons (Fsp3) is 0.167. The second-order valence-electron chi connectivity index (χ2n) is 7.10. The quantitative estimate of drug-likeness (QED) is 0.139. The molecule has 4 aromatic rings. The molecule has 1 N–H and O–H groups in total. The molecule has 4 rings (SSSR count). The van der Waals surface area contributed by atoms with Crippen molar-refractivity contribution < 1.29 is 9.59 Å². The first kappa shape index (κ1) is 23.2. The van der Waals surface area contributed by atoms with Gasteiger partial charge in [-0.05, 0) is 35.7 Å². The Hall–Kier alpha value is -3.01. The van der Waals surface area contributed by atoms with Gasteiger partial charge >= 0.3 is 0 Å². The average molecular weight is 496 g/mol. The van der Waals surface area contributed by atoms with Gasteiger partial charge in [0.25, 0.3) is 5.56 Å². The van der Waals surface area contributed by atoms with E-state index in [4.69, 9.17) is 4.98 Å². The maximum absolute atomic E-state index is 13.3. The Morgan fingerprint density at radius 1 is 1.21 bits per heavy atom. The SMILES string of the molecule is C=CCn1c(SCC(=O)c2ccc(NC(=O)CC)cc2)nc2scc(-c3cccs3)c2c1=O. The topological polar surface area (TPSA) is 81.1 Å². The van der Waals surface area contributed by atoms with Gasteiger partial charge < -0.3 is 5.32 Å². The number of anilines is 1. The summed E-state index contributed by atoms with van der Waals surface area (Å²) in [7, 11) is 0. The number of fused-ring (bicyclic) bond motifs is 1. The lowest BCUT2D eigenvalue weighted by atomic mass is 10.1. The highest BCUT2D eigenvalue weighted by Crippen LogP contribution is 2.34. The molecule has 9 heteroatoms. The number of benzene rings is 1. The number of allylic oxidation sites excluding steroid dienone is 1. The third kappa shape index (κ3) is 5.00. The number of aromatic nitrogens is 2. The summed E-state index contributed by atoms with van der Waals surface area (Å²) in [5.74, 6) is -0.0285. The van der Waals surface area contributed by atoms with Gasteiger partial charge in [-0.3, -0.25) is 19.0 Å². The molecule has 0 fully saturated rings. The summed E-state index contributed by atoms with van der Waals surface area (Å²) < 4.78 is 1.57. The summed E-state index contributed by atoms with van der Waals surface area (Å²) in [6.07, 6.45) is 2.04. The fourth-order valence-electron chi connectivity index (χ4n) is 3.22. The van der Waals surface area contributed by atoms with Crippen molar-refractivity contribution in [1.29, 1.82) is 0 Å². The number of Topliss-reactive ketones (excluding diaryl/α,β-unsaturated/α-hetero) is 1. The molecule has 0 atom stereocenters. The normalized spacial score (nSPS) is 10.9. The number of ketones is 1. The second kappa shape index (κ2) is 10.3. The maximum atomic E-state index is 13.3. The molecule has 1 aromatic carbocycles. The molecule has 0 radical (unpaired) electrons. The lowest BCUT2D eigenvalue weighted by Crippen LogP contribution is -2.23.